The average molecular weight is 502 g/mol. The third kappa shape index (κ3) is 3.84. The summed E-state index contributed by atoms with van der Waals surface area (Å²) in [6.45, 7) is -2.70. The first-order chi connectivity index (χ1) is 12.1. The van der Waals surface area contributed by atoms with Crippen LogP contribution in [0.15, 0.2) is 60.7 Å². The van der Waals surface area contributed by atoms with Crippen molar-refractivity contribution in [3.05, 3.63) is 66.5 Å². The molecule has 3 aromatic rings. The van der Waals surface area contributed by atoms with E-state index in [0.717, 1.165) is 21.4 Å². The minimum absolute atomic E-state index is 0. The van der Waals surface area contributed by atoms with Crippen LogP contribution in [0.3, 0.4) is 0 Å². The van der Waals surface area contributed by atoms with Gasteiger partial charge in [0.2, 0.25) is 0 Å². The summed E-state index contributed by atoms with van der Waals surface area (Å²) in [6, 6.07) is 18.8. The zero-order valence-electron chi connectivity index (χ0n) is 14.2. The molecule has 0 fully saturated rings. The van der Waals surface area contributed by atoms with E-state index in [2.05, 4.69) is 0 Å². The molecular weight excluding hydrogens is 485 g/mol. The molecule has 1 heterocycles. The lowest BCUT2D eigenvalue weighted by Gasteiger charge is -2.05. The van der Waals surface area contributed by atoms with Gasteiger partial charge in [-0.15, -0.1) is 11.8 Å². The lowest BCUT2D eigenvalue weighted by Crippen LogP contribution is -3.00. The van der Waals surface area contributed by atoms with E-state index in [0.29, 0.717) is 15.7 Å². The number of hydrogen-bond donors (Lipinski definition) is 0. The topological polar surface area (TPSA) is 8.81 Å². The molecule has 0 aliphatic carbocycles. The Hall–Kier alpha value is -1.32. The minimum Gasteiger partial charge on any atom is -1.00 e. The van der Waals surface area contributed by atoms with E-state index >= 15 is 0 Å². The Balaban J connectivity index is 0.00000243. The molecule has 0 unspecified atom stereocenters. The van der Waals surface area contributed by atoms with E-state index < -0.39 is 6.55 Å². The number of halogens is 3. The van der Waals surface area contributed by atoms with Gasteiger partial charge in [-0.2, -0.15) is 13.3 Å². The van der Waals surface area contributed by atoms with E-state index in [9.17, 15) is 8.78 Å². The first-order valence-corrected chi connectivity index (χ1v) is 9.31. The fourth-order valence-electron chi connectivity index (χ4n) is 2.96. The molecule has 26 heavy (non-hydrogen) atoms. The number of rotatable bonds is 4. The fourth-order valence-corrected chi connectivity index (χ4v) is 3.61. The number of thioether (sulfide) groups is 1. The normalized spacial score (nSPS) is 10.7. The van der Waals surface area contributed by atoms with Crippen molar-refractivity contribution in [2.75, 3.05) is 6.26 Å². The molecule has 136 valence electrons. The number of alkyl halides is 2. The number of aromatic nitrogens is 2. The summed E-state index contributed by atoms with van der Waals surface area (Å²) in [5.74, 6) is 0.343. The van der Waals surface area contributed by atoms with Gasteiger partial charge in [-0.1, -0.05) is 72.9 Å². The van der Waals surface area contributed by atoms with Crippen LogP contribution in [0.4, 0.5) is 8.78 Å². The van der Waals surface area contributed by atoms with Gasteiger partial charge < -0.3 is 24.0 Å². The molecule has 0 N–H and O–H groups in total. The second kappa shape index (κ2) is 9.05. The molecule has 0 spiro atoms. The van der Waals surface area contributed by atoms with Crippen molar-refractivity contribution in [2.45, 2.75) is 6.55 Å². The van der Waals surface area contributed by atoms with Crippen LogP contribution in [0, 0.1) is 0 Å². The molecule has 0 aliphatic rings. The quantitative estimate of drug-likeness (QED) is 0.307. The summed E-state index contributed by atoms with van der Waals surface area (Å²) in [5, 5.41) is 0. The molecule has 7 heteroatoms. The van der Waals surface area contributed by atoms with Gasteiger partial charge in [-0.25, -0.2) is 4.57 Å². The highest BCUT2D eigenvalue weighted by molar-refractivity contribution is 8.23. The van der Waals surface area contributed by atoms with Gasteiger partial charge in [0.05, 0.1) is 7.05 Å². The van der Waals surface area contributed by atoms with Gasteiger partial charge >= 0.3 is 12.4 Å². The van der Waals surface area contributed by atoms with Crippen molar-refractivity contribution >= 4 is 28.2 Å². The third-order valence-electron chi connectivity index (χ3n) is 4.00. The highest BCUT2D eigenvalue weighted by atomic mass is 127. The smallest absolute Gasteiger partial charge is 0.388 e. The summed E-state index contributed by atoms with van der Waals surface area (Å²) in [6.07, 6.45) is 1.80. The summed E-state index contributed by atoms with van der Waals surface area (Å²) in [5.41, 5.74) is 2.79. The molecule has 0 aliphatic heterocycles. The monoisotopic (exact) mass is 502 g/mol. The number of imidazole rings is 1. The van der Waals surface area contributed by atoms with Gasteiger partial charge in [-0.3, -0.25) is 0 Å². The van der Waals surface area contributed by atoms with Gasteiger partial charge in [-0.05, 0) is 6.26 Å². The SMILES string of the molecule is CSC(=S)c1n(C(F)F)c(-c2ccccc2)c(-c2ccccc2)[n+]1C.[I-]. The minimum atomic E-state index is -2.70. The Morgan fingerprint density at radius 2 is 1.50 bits per heavy atom. The lowest BCUT2D eigenvalue weighted by atomic mass is 10.0. The number of thiocarbonyl (C=S) groups is 1. The molecule has 0 saturated heterocycles. The van der Waals surface area contributed by atoms with E-state index in [1.54, 1.807) is 17.9 Å². The first-order valence-electron chi connectivity index (χ1n) is 7.67. The molecule has 0 saturated carbocycles. The van der Waals surface area contributed by atoms with Crippen molar-refractivity contribution in [3.63, 3.8) is 0 Å². The van der Waals surface area contributed by atoms with Crippen LogP contribution < -0.4 is 28.5 Å². The van der Waals surface area contributed by atoms with Gasteiger partial charge in [0.1, 0.15) is 0 Å². The van der Waals surface area contributed by atoms with Crippen LogP contribution in [-0.2, 0) is 7.05 Å². The zero-order valence-corrected chi connectivity index (χ0v) is 18.0. The number of hydrogen-bond acceptors (Lipinski definition) is 2. The molecule has 0 radical (unpaired) electrons. The van der Waals surface area contributed by atoms with Crippen LogP contribution in [0.1, 0.15) is 12.4 Å². The predicted octanol–water partition coefficient (Wildman–Crippen LogP) is 2.08. The third-order valence-corrected chi connectivity index (χ3v) is 5.24. The summed E-state index contributed by atoms with van der Waals surface area (Å²) >= 11 is 6.67. The zero-order chi connectivity index (χ0) is 18.0. The van der Waals surface area contributed by atoms with Crippen molar-refractivity contribution < 1.29 is 37.3 Å². The fraction of sp³-hybridized carbons (Fsp3) is 0.158. The van der Waals surface area contributed by atoms with E-state index in [-0.39, 0.29) is 24.0 Å². The number of benzene rings is 2. The lowest BCUT2D eigenvalue weighted by molar-refractivity contribution is -0.661. The van der Waals surface area contributed by atoms with Gasteiger partial charge in [0.15, 0.2) is 15.6 Å². The van der Waals surface area contributed by atoms with Crippen molar-refractivity contribution in [1.29, 1.82) is 0 Å². The molecular formula is C19H17F2IN2S2. The summed E-state index contributed by atoms with van der Waals surface area (Å²) < 4.78 is 31.4. The largest absolute Gasteiger partial charge is 1.00 e. The van der Waals surface area contributed by atoms with Crippen LogP contribution >= 0.6 is 24.0 Å². The molecule has 2 nitrogen and oxygen atoms in total. The Bertz CT molecular complexity index is 897. The average Bonchev–Trinajstić information content (AvgIpc) is 2.96. The first kappa shape index (κ1) is 21.0. The molecule has 0 amide bonds. The maximum absolute atomic E-state index is 14.1. The second-order valence-corrected chi connectivity index (χ2v) is 6.93. The Morgan fingerprint density at radius 3 is 1.96 bits per heavy atom. The van der Waals surface area contributed by atoms with Crippen LogP contribution in [-0.4, -0.2) is 15.0 Å². The Labute approximate surface area is 178 Å². The molecule has 0 bridgehead atoms. The van der Waals surface area contributed by atoms with Gasteiger partial charge in [0, 0.05) is 11.1 Å². The Morgan fingerprint density at radius 1 is 1.00 bits per heavy atom. The second-order valence-electron chi connectivity index (χ2n) is 5.45. The van der Waals surface area contributed by atoms with Crippen LogP contribution in [0.2, 0.25) is 0 Å². The summed E-state index contributed by atoms with van der Waals surface area (Å²) in [4.78, 5) is 0. The maximum Gasteiger partial charge on any atom is 0.388 e. The highest BCUT2D eigenvalue weighted by Gasteiger charge is 2.36. The molecule has 2 aromatic carbocycles. The maximum atomic E-state index is 14.1. The standard InChI is InChI=1S/C19H17F2N2S2.HI/c1-22-15(13-9-5-3-6-10-13)16(14-11-7-4-8-12-14)23(19(20)21)17(22)18(24)25-2;/h3-12,19H,1-2H3;1H/q+1;/p-1. The van der Waals surface area contributed by atoms with Crippen LogP contribution in [0.5, 0.6) is 0 Å². The van der Waals surface area contributed by atoms with Crippen LogP contribution in [0.25, 0.3) is 22.5 Å². The van der Waals surface area contributed by atoms with Crippen molar-refractivity contribution in [3.8, 4) is 22.5 Å². The van der Waals surface area contributed by atoms with E-state index in [1.807, 2.05) is 60.7 Å². The number of nitrogens with zero attached hydrogens (tertiary/aromatic N) is 2. The highest BCUT2D eigenvalue weighted by Crippen LogP contribution is 2.35. The van der Waals surface area contributed by atoms with Crippen molar-refractivity contribution in [1.82, 2.24) is 4.57 Å². The Kier molecular flexibility index (Phi) is 7.31. The van der Waals surface area contributed by atoms with E-state index in [4.69, 9.17) is 12.2 Å². The molecule has 0 atom stereocenters. The molecule has 1 aromatic heterocycles. The van der Waals surface area contributed by atoms with Crippen molar-refractivity contribution in [2.24, 2.45) is 7.05 Å². The molecule has 3 rings (SSSR count). The summed E-state index contributed by atoms with van der Waals surface area (Å²) in [7, 11) is 1.78. The van der Waals surface area contributed by atoms with Gasteiger partial charge in [0.25, 0.3) is 0 Å². The van der Waals surface area contributed by atoms with E-state index in [1.165, 1.54) is 11.8 Å². The predicted molar refractivity (Wildman–Crippen MR) is 103 cm³/mol.